The van der Waals surface area contributed by atoms with Crippen LogP contribution in [0, 0.1) is 5.82 Å². The first-order valence-electron chi connectivity index (χ1n) is 5.14. The molecule has 0 spiro atoms. The summed E-state index contributed by atoms with van der Waals surface area (Å²) in [6.45, 7) is 2.45. The summed E-state index contributed by atoms with van der Waals surface area (Å²) in [7, 11) is 0. The summed E-state index contributed by atoms with van der Waals surface area (Å²) < 4.78 is 12.9. The molecule has 0 fully saturated rings. The Morgan fingerprint density at radius 3 is 2.69 bits per heavy atom. The highest BCUT2D eigenvalue weighted by molar-refractivity contribution is 6.30. The van der Waals surface area contributed by atoms with E-state index in [1.54, 1.807) is 12.1 Å². The van der Waals surface area contributed by atoms with Crippen molar-refractivity contribution in [3.8, 4) is 0 Å². The first kappa shape index (κ1) is 13.4. The Hall–Kier alpha value is -0.680. The number of aliphatic hydroxyl groups is 1. The maximum absolute atomic E-state index is 12.9. The van der Waals surface area contributed by atoms with E-state index in [-0.39, 0.29) is 11.6 Å². The number of aliphatic hydroxyl groups excluding tert-OH is 1. The van der Waals surface area contributed by atoms with Gasteiger partial charge in [0.05, 0.1) is 11.6 Å². The van der Waals surface area contributed by atoms with E-state index < -0.39 is 5.82 Å². The SMILES string of the molecule is NCCN(CCO)Cc1ccc(F)c(Cl)c1. The second-order valence-corrected chi connectivity index (χ2v) is 3.94. The van der Waals surface area contributed by atoms with Gasteiger partial charge in [-0.2, -0.15) is 0 Å². The third-order valence-corrected chi connectivity index (χ3v) is 2.54. The molecule has 0 aliphatic carbocycles. The largest absolute Gasteiger partial charge is 0.395 e. The second kappa shape index (κ2) is 6.81. The molecule has 1 rings (SSSR count). The fourth-order valence-corrected chi connectivity index (χ4v) is 1.69. The molecule has 1 aromatic carbocycles. The van der Waals surface area contributed by atoms with Crippen LogP contribution in [0.25, 0.3) is 0 Å². The van der Waals surface area contributed by atoms with Crippen LogP contribution in [0.4, 0.5) is 4.39 Å². The molecule has 0 heterocycles. The highest BCUT2D eigenvalue weighted by Gasteiger charge is 2.06. The van der Waals surface area contributed by atoms with Gasteiger partial charge in [-0.15, -0.1) is 0 Å². The molecule has 0 radical (unpaired) electrons. The first-order chi connectivity index (χ1) is 7.67. The van der Waals surface area contributed by atoms with Gasteiger partial charge in [0.25, 0.3) is 0 Å². The quantitative estimate of drug-likeness (QED) is 0.794. The summed E-state index contributed by atoms with van der Waals surface area (Å²) in [6.07, 6.45) is 0. The third-order valence-electron chi connectivity index (χ3n) is 2.25. The molecule has 0 saturated heterocycles. The molecule has 0 aliphatic rings. The van der Waals surface area contributed by atoms with Gasteiger partial charge in [-0.1, -0.05) is 17.7 Å². The lowest BCUT2D eigenvalue weighted by molar-refractivity contribution is 0.194. The van der Waals surface area contributed by atoms with Crippen molar-refractivity contribution < 1.29 is 9.50 Å². The summed E-state index contributed by atoms with van der Waals surface area (Å²) in [5, 5.41) is 8.99. The van der Waals surface area contributed by atoms with E-state index in [9.17, 15) is 4.39 Å². The molecule has 0 amide bonds. The van der Waals surface area contributed by atoms with E-state index in [2.05, 4.69) is 0 Å². The molecule has 3 N–H and O–H groups in total. The van der Waals surface area contributed by atoms with Crippen molar-refractivity contribution in [3.05, 3.63) is 34.6 Å². The first-order valence-corrected chi connectivity index (χ1v) is 5.52. The zero-order valence-electron chi connectivity index (χ0n) is 9.00. The van der Waals surface area contributed by atoms with Gasteiger partial charge in [0, 0.05) is 26.2 Å². The van der Waals surface area contributed by atoms with Crippen molar-refractivity contribution in [2.75, 3.05) is 26.2 Å². The number of benzene rings is 1. The summed E-state index contributed by atoms with van der Waals surface area (Å²) in [5.74, 6) is -0.419. The van der Waals surface area contributed by atoms with Gasteiger partial charge in [0.2, 0.25) is 0 Å². The van der Waals surface area contributed by atoms with Crippen molar-refractivity contribution in [1.29, 1.82) is 0 Å². The zero-order chi connectivity index (χ0) is 12.0. The summed E-state index contributed by atoms with van der Waals surface area (Å²) >= 11 is 5.68. The topological polar surface area (TPSA) is 49.5 Å². The third kappa shape index (κ3) is 4.06. The molecule has 0 bridgehead atoms. The van der Waals surface area contributed by atoms with Crippen molar-refractivity contribution in [1.82, 2.24) is 4.90 Å². The molecular weight excluding hydrogens is 231 g/mol. The van der Waals surface area contributed by atoms with Gasteiger partial charge in [-0.25, -0.2) is 4.39 Å². The molecule has 0 unspecified atom stereocenters. The van der Waals surface area contributed by atoms with Crippen LogP contribution in [0.1, 0.15) is 5.56 Å². The van der Waals surface area contributed by atoms with Crippen molar-refractivity contribution in [2.24, 2.45) is 5.73 Å². The Morgan fingerprint density at radius 1 is 1.38 bits per heavy atom. The second-order valence-electron chi connectivity index (χ2n) is 3.54. The van der Waals surface area contributed by atoms with Crippen LogP contribution in [-0.4, -0.2) is 36.2 Å². The molecule has 1 aromatic rings. The highest BCUT2D eigenvalue weighted by Crippen LogP contribution is 2.17. The standard InChI is InChI=1S/C11H16ClFN2O/c12-10-7-9(1-2-11(10)13)8-15(4-3-14)5-6-16/h1-2,7,16H,3-6,8,14H2. The Balaban J connectivity index is 2.65. The molecule has 5 heteroatoms. The lowest BCUT2D eigenvalue weighted by Gasteiger charge is -2.20. The molecule has 0 aliphatic heterocycles. The van der Waals surface area contributed by atoms with Gasteiger partial charge in [0.15, 0.2) is 0 Å². The Bertz CT molecular complexity index is 330. The number of hydrogen-bond donors (Lipinski definition) is 2. The lowest BCUT2D eigenvalue weighted by Crippen LogP contribution is -2.31. The maximum Gasteiger partial charge on any atom is 0.141 e. The number of nitrogens with zero attached hydrogens (tertiary/aromatic N) is 1. The van der Waals surface area contributed by atoms with E-state index in [4.69, 9.17) is 22.4 Å². The molecule has 0 saturated carbocycles. The van der Waals surface area contributed by atoms with Crippen LogP contribution in [0.15, 0.2) is 18.2 Å². The van der Waals surface area contributed by atoms with Crippen molar-refractivity contribution in [2.45, 2.75) is 6.54 Å². The number of nitrogens with two attached hydrogens (primary N) is 1. The minimum atomic E-state index is -0.419. The van der Waals surface area contributed by atoms with Crippen LogP contribution in [-0.2, 0) is 6.54 Å². The van der Waals surface area contributed by atoms with E-state index in [1.165, 1.54) is 6.07 Å². The van der Waals surface area contributed by atoms with Crippen LogP contribution >= 0.6 is 11.6 Å². The average molecular weight is 247 g/mol. The fraction of sp³-hybridized carbons (Fsp3) is 0.455. The lowest BCUT2D eigenvalue weighted by atomic mass is 10.2. The van der Waals surface area contributed by atoms with Gasteiger partial charge in [-0.05, 0) is 17.7 Å². The highest BCUT2D eigenvalue weighted by atomic mass is 35.5. The maximum atomic E-state index is 12.9. The number of rotatable bonds is 6. The fourth-order valence-electron chi connectivity index (χ4n) is 1.49. The van der Waals surface area contributed by atoms with E-state index in [0.717, 1.165) is 5.56 Å². The zero-order valence-corrected chi connectivity index (χ0v) is 9.75. The molecular formula is C11H16ClFN2O. The van der Waals surface area contributed by atoms with Crippen LogP contribution in [0.3, 0.4) is 0 Å². The van der Waals surface area contributed by atoms with E-state index in [1.807, 2.05) is 4.90 Å². The minimum Gasteiger partial charge on any atom is -0.395 e. The van der Waals surface area contributed by atoms with Gasteiger partial charge in [-0.3, -0.25) is 4.90 Å². The van der Waals surface area contributed by atoms with Crippen LogP contribution in [0.5, 0.6) is 0 Å². The van der Waals surface area contributed by atoms with Crippen molar-refractivity contribution >= 4 is 11.6 Å². The van der Waals surface area contributed by atoms with Gasteiger partial charge >= 0.3 is 0 Å². The number of halogens is 2. The van der Waals surface area contributed by atoms with Gasteiger partial charge in [0.1, 0.15) is 5.82 Å². The predicted octanol–water partition coefficient (Wildman–Crippen LogP) is 1.23. The Kier molecular flexibility index (Phi) is 5.69. The molecule has 16 heavy (non-hydrogen) atoms. The van der Waals surface area contributed by atoms with Crippen LogP contribution < -0.4 is 5.73 Å². The number of hydrogen-bond acceptors (Lipinski definition) is 3. The monoisotopic (exact) mass is 246 g/mol. The minimum absolute atomic E-state index is 0.0783. The smallest absolute Gasteiger partial charge is 0.141 e. The normalized spacial score (nSPS) is 11.1. The van der Waals surface area contributed by atoms with Gasteiger partial charge < -0.3 is 10.8 Å². The summed E-state index contributed by atoms with van der Waals surface area (Å²) in [5.41, 5.74) is 6.37. The van der Waals surface area contributed by atoms with E-state index >= 15 is 0 Å². The Morgan fingerprint density at radius 2 is 2.12 bits per heavy atom. The Labute approximate surface area is 99.6 Å². The summed E-state index contributed by atoms with van der Waals surface area (Å²) in [4.78, 5) is 1.99. The predicted molar refractivity (Wildman–Crippen MR) is 62.8 cm³/mol. The summed E-state index contributed by atoms with van der Waals surface area (Å²) in [6, 6.07) is 4.62. The molecule has 0 atom stereocenters. The average Bonchev–Trinajstić information content (AvgIpc) is 2.24. The molecule has 0 aromatic heterocycles. The molecule has 3 nitrogen and oxygen atoms in total. The van der Waals surface area contributed by atoms with Crippen molar-refractivity contribution in [3.63, 3.8) is 0 Å². The van der Waals surface area contributed by atoms with E-state index in [0.29, 0.717) is 26.2 Å². The molecule has 90 valence electrons. The van der Waals surface area contributed by atoms with Crippen LogP contribution in [0.2, 0.25) is 5.02 Å².